The lowest BCUT2D eigenvalue weighted by molar-refractivity contribution is 0.661. The Kier molecular flexibility index (Phi) is 4.04. The number of anilines is 2. The van der Waals surface area contributed by atoms with E-state index in [0.29, 0.717) is 12.1 Å². The number of nitrogens with zero attached hydrogens (tertiary/aromatic N) is 3. The molecule has 0 aliphatic heterocycles. The summed E-state index contributed by atoms with van der Waals surface area (Å²) in [6.07, 6.45) is 4.34. The smallest absolute Gasteiger partial charge is 0.227 e. The third-order valence-corrected chi connectivity index (χ3v) is 3.65. The van der Waals surface area contributed by atoms with E-state index in [-0.39, 0.29) is 0 Å². The van der Waals surface area contributed by atoms with E-state index in [4.69, 9.17) is 0 Å². The van der Waals surface area contributed by atoms with Gasteiger partial charge in [-0.3, -0.25) is 0 Å². The molecule has 0 unspecified atom stereocenters. The van der Waals surface area contributed by atoms with E-state index in [1.165, 1.54) is 18.4 Å². The van der Waals surface area contributed by atoms with E-state index in [0.717, 1.165) is 18.3 Å². The molecule has 0 bridgehead atoms. The summed E-state index contributed by atoms with van der Waals surface area (Å²) in [4.78, 5) is 11.4. The first-order valence-electron chi connectivity index (χ1n) is 7.62. The Morgan fingerprint density at radius 2 is 1.95 bits per heavy atom. The fraction of sp³-hybridized carbons (Fsp3) is 0.412. The van der Waals surface area contributed by atoms with Crippen molar-refractivity contribution in [2.75, 3.05) is 10.2 Å². The van der Waals surface area contributed by atoms with Crippen LogP contribution in [0, 0.1) is 0 Å². The molecule has 21 heavy (non-hydrogen) atoms. The van der Waals surface area contributed by atoms with E-state index in [2.05, 4.69) is 58.3 Å². The Labute approximate surface area is 126 Å². The minimum atomic E-state index is 0.349. The van der Waals surface area contributed by atoms with E-state index in [1.54, 1.807) is 0 Å². The monoisotopic (exact) mass is 282 g/mol. The first-order valence-corrected chi connectivity index (χ1v) is 7.62. The topological polar surface area (TPSA) is 41.1 Å². The van der Waals surface area contributed by atoms with Gasteiger partial charge in [0.25, 0.3) is 0 Å². The number of benzene rings is 1. The molecule has 0 amide bonds. The molecule has 3 rings (SSSR count). The molecular weight excluding hydrogens is 260 g/mol. The van der Waals surface area contributed by atoms with E-state index in [1.807, 2.05) is 18.3 Å². The highest BCUT2D eigenvalue weighted by Crippen LogP contribution is 2.24. The maximum Gasteiger partial charge on any atom is 0.227 e. The standard InChI is InChI=1S/C17H22N4/c1-13(2)21(12-14-6-4-3-5-7-14)17-18-11-10-16(20-17)19-15-8-9-15/h3-7,10-11,13,15H,8-9,12H2,1-2H3,(H,18,19,20). The van der Waals surface area contributed by atoms with Gasteiger partial charge in [0, 0.05) is 24.8 Å². The fourth-order valence-corrected chi connectivity index (χ4v) is 2.27. The van der Waals surface area contributed by atoms with Crippen LogP contribution in [0.4, 0.5) is 11.8 Å². The molecular formula is C17H22N4. The summed E-state index contributed by atoms with van der Waals surface area (Å²) in [5, 5.41) is 3.44. The number of hydrogen-bond donors (Lipinski definition) is 1. The molecule has 0 radical (unpaired) electrons. The van der Waals surface area contributed by atoms with Gasteiger partial charge < -0.3 is 10.2 Å². The summed E-state index contributed by atoms with van der Waals surface area (Å²) in [6.45, 7) is 5.17. The first-order chi connectivity index (χ1) is 10.2. The van der Waals surface area contributed by atoms with Crippen molar-refractivity contribution in [3.8, 4) is 0 Å². The molecule has 1 aliphatic rings. The molecule has 0 spiro atoms. The van der Waals surface area contributed by atoms with Crippen LogP contribution in [-0.2, 0) is 6.54 Å². The summed E-state index contributed by atoms with van der Waals surface area (Å²) in [7, 11) is 0. The van der Waals surface area contributed by atoms with E-state index in [9.17, 15) is 0 Å². The maximum atomic E-state index is 4.67. The van der Waals surface area contributed by atoms with Crippen molar-refractivity contribution < 1.29 is 0 Å². The summed E-state index contributed by atoms with van der Waals surface area (Å²) in [5.41, 5.74) is 1.27. The zero-order valence-corrected chi connectivity index (χ0v) is 12.7. The number of rotatable bonds is 6. The third-order valence-electron chi connectivity index (χ3n) is 3.65. The van der Waals surface area contributed by atoms with Crippen molar-refractivity contribution in [2.45, 2.75) is 45.3 Å². The Morgan fingerprint density at radius 3 is 2.62 bits per heavy atom. The van der Waals surface area contributed by atoms with Crippen molar-refractivity contribution in [3.63, 3.8) is 0 Å². The van der Waals surface area contributed by atoms with Crippen LogP contribution in [-0.4, -0.2) is 22.1 Å². The van der Waals surface area contributed by atoms with Gasteiger partial charge in [-0.1, -0.05) is 30.3 Å². The average molecular weight is 282 g/mol. The minimum Gasteiger partial charge on any atom is -0.367 e. The van der Waals surface area contributed by atoms with Crippen LogP contribution in [0.25, 0.3) is 0 Å². The molecule has 2 aromatic rings. The Morgan fingerprint density at radius 1 is 1.19 bits per heavy atom. The summed E-state index contributed by atoms with van der Waals surface area (Å²) >= 11 is 0. The minimum absolute atomic E-state index is 0.349. The van der Waals surface area contributed by atoms with Crippen LogP contribution < -0.4 is 10.2 Å². The van der Waals surface area contributed by atoms with Gasteiger partial charge in [0.15, 0.2) is 0 Å². The van der Waals surface area contributed by atoms with Gasteiger partial charge >= 0.3 is 0 Å². The molecule has 4 heteroatoms. The van der Waals surface area contributed by atoms with Crippen molar-refractivity contribution in [1.82, 2.24) is 9.97 Å². The molecule has 110 valence electrons. The van der Waals surface area contributed by atoms with Gasteiger partial charge in [0.1, 0.15) is 5.82 Å². The molecule has 0 saturated heterocycles. The van der Waals surface area contributed by atoms with Crippen LogP contribution in [0.1, 0.15) is 32.3 Å². The molecule has 1 aromatic carbocycles. The predicted octanol–water partition coefficient (Wildman–Crippen LogP) is 3.47. The van der Waals surface area contributed by atoms with Crippen LogP contribution in [0.15, 0.2) is 42.6 Å². The van der Waals surface area contributed by atoms with Gasteiger partial charge in [-0.15, -0.1) is 0 Å². The quantitative estimate of drug-likeness (QED) is 0.881. The molecule has 1 N–H and O–H groups in total. The zero-order chi connectivity index (χ0) is 14.7. The lowest BCUT2D eigenvalue weighted by Crippen LogP contribution is -2.31. The molecule has 1 aromatic heterocycles. The highest BCUT2D eigenvalue weighted by Gasteiger charge is 2.22. The highest BCUT2D eigenvalue weighted by atomic mass is 15.3. The van der Waals surface area contributed by atoms with Crippen LogP contribution in [0.5, 0.6) is 0 Å². The van der Waals surface area contributed by atoms with Gasteiger partial charge in [-0.05, 0) is 38.3 Å². The number of nitrogens with one attached hydrogen (secondary N) is 1. The predicted molar refractivity (Wildman–Crippen MR) is 86.4 cm³/mol. The van der Waals surface area contributed by atoms with Gasteiger partial charge in [0.2, 0.25) is 5.95 Å². The second kappa shape index (κ2) is 6.12. The first kappa shape index (κ1) is 13.9. The van der Waals surface area contributed by atoms with Crippen molar-refractivity contribution in [3.05, 3.63) is 48.2 Å². The zero-order valence-electron chi connectivity index (χ0n) is 12.7. The second-order valence-electron chi connectivity index (χ2n) is 5.87. The SMILES string of the molecule is CC(C)N(Cc1ccccc1)c1nccc(NC2CC2)n1. The van der Waals surface area contributed by atoms with E-state index < -0.39 is 0 Å². The summed E-state index contributed by atoms with van der Waals surface area (Å²) in [5.74, 6) is 1.72. The molecule has 1 saturated carbocycles. The van der Waals surface area contributed by atoms with Crippen LogP contribution in [0.3, 0.4) is 0 Å². The van der Waals surface area contributed by atoms with Gasteiger partial charge in [-0.25, -0.2) is 4.98 Å². The summed E-state index contributed by atoms with van der Waals surface area (Å²) in [6, 6.07) is 13.4. The molecule has 4 nitrogen and oxygen atoms in total. The molecule has 1 heterocycles. The van der Waals surface area contributed by atoms with Crippen molar-refractivity contribution in [1.29, 1.82) is 0 Å². The number of hydrogen-bond acceptors (Lipinski definition) is 4. The third kappa shape index (κ3) is 3.72. The maximum absolute atomic E-state index is 4.67. The second-order valence-corrected chi connectivity index (χ2v) is 5.87. The van der Waals surface area contributed by atoms with E-state index >= 15 is 0 Å². The Bertz CT molecular complexity index is 578. The molecule has 0 atom stereocenters. The lowest BCUT2D eigenvalue weighted by atomic mass is 10.2. The largest absolute Gasteiger partial charge is 0.367 e. The molecule has 1 aliphatic carbocycles. The average Bonchev–Trinajstić information content (AvgIpc) is 3.30. The van der Waals surface area contributed by atoms with Gasteiger partial charge in [0.05, 0.1) is 0 Å². The van der Waals surface area contributed by atoms with Crippen molar-refractivity contribution in [2.24, 2.45) is 0 Å². The molecule has 1 fully saturated rings. The normalized spacial score (nSPS) is 14.2. The highest BCUT2D eigenvalue weighted by molar-refractivity contribution is 5.43. The fourth-order valence-electron chi connectivity index (χ4n) is 2.27. The lowest BCUT2D eigenvalue weighted by Gasteiger charge is -2.27. The van der Waals surface area contributed by atoms with Crippen LogP contribution >= 0.6 is 0 Å². The van der Waals surface area contributed by atoms with Gasteiger partial charge in [-0.2, -0.15) is 4.98 Å². The Balaban J connectivity index is 1.79. The summed E-state index contributed by atoms with van der Waals surface area (Å²) < 4.78 is 0. The Hall–Kier alpha value is -2.10. The van der Waals surface area contributed by atoms with Crippen LogP contribution in [0.2, 0.25) is 0 Å². The number of aromatic nitrogens is 2. The van der Waals surface area contributed by atoms with Crippen molar-refractivity contribution >= 4 is 11.8 Å².